The first-order valence-corrected chi connectivity index (χ1v) is 5.40. The summed E-state index contributed by atoms with van der Waals surface area (Å²) in [5.41, 5.74) is 8.62. The van der Waals surface area contributed by atoms with E-state index < -0.39 is 0 Å². The Morgan fingerprint density at radius 3 is 2.62 bits per heavy atom. The molecule has 0 aliphatic carbocycles. The molecule has 3 nitrogen and oxygen atoms in total. The van der Waals surface area contributed by atoms with Gasteiger partial charge < -0.3 is 10.2 Å². The van der Waals surface area contributed by atoms with Gasteiger partial charge in [0.15, 0.2) is 0 Å². The summed E-state index contributed by atoms with van der Waals surface area (Å²) in [7, 11) is 0. The second-order valence-electron chi connectivity index (χ2n) is 4.26. The number of aryl methyl sites for hydroxylation is 1. The normalized spacial score (nSPS) is 11.0. The number of anilines is 1. The molecule has 0 saturated heterocycles. The lowest BCUT2D eigenvalue weighted by atomic mass is 10.1. The predicted octanol–water partition coefficient (Wildman–Crippen LogP) is 3.36. The molecule has 0 fully saturated rings. The van der Waals surface area contributed by atoms with Crippen LogP contribution in [0.15, 0.2) is 28.8 Å². The maximum atomic E-state index is 5.94. The van der Waals surface area contributed by atoms with Gasteiger partial charge in [-0.05, 0) is 18.6 Å². The zero-order valence-electron chi connectivity index (χ0n) is 9.82. The molecule has 84 valence electrons. The van der Waals surface area contributed by atoms with Gasteiger partial charge in [0.05, 0.1) is 11.8 Å². The Kier molecular flexibility index (Phi) is 2.69. The molecular formula is C13H16N2O. The number of hydrogen-bond acceptors (Lipinski definition) is 3. The largest absolute Gasteiger partial charge is 0.441 e. The van der Waals surface area contributed by atoms with Crippen LogP contribution in [0.2, 0.25) is 0 Å². The molecule has 0 spiro atoms. The highest BCUT2D eigenvalue weighted by Gasteiger charge is 2.13. The Morgan fingerprint density at radius 1 is 1.31 bits per heavy atom. The summed E-state index contributed by atoms with van der Waals surface area (Å²) >= 11 is 0. The third-order valence-electron chi connectivity index (χ3n) is 2.61. The topological polar surface area (TPSA) is 52.0 Å². The number of nitrogen functional groups attached to an aromatic ring is 1. The van der Waals surface area contributed by atoms with Gasteiger partial charge in [0.1, 0.15) is 5.76 Å². The lowest BCUT2D eigenvalue weighted by molar-refractivity contribution is 0.495. The maximum absolute atomic E-state index is 5.94. The molecule has 0 unspecified atom stereocenters. The highest BCUT2D eigenvalue weighted by molar-refractivity contribution is 5.73. The van der Waals surface area contributed by atoms with Gasteiger partial charge in [-0.3, -0.25) is 0 Å². The summed E-state index contributed by atoms with van der Waals surface area (Å²) in [6.07, 6.45) is 1.77. The number of aromatic nitrogens is 1. The van der Waals surface area contributed by atoms with E-state index in [9.17, 15) is 0 Å². The first-order chi connectivity index (χ1) is 7.59. The minimum atomic E-state index is 0.339. The summed E-state index contributed by atoms with van der Waals surface area (Å²) in [4.78, 5) is 4.28. The van der Waals surface area contributed by atoms with E-state index in [1.165, 1.54) is 0 Å². The first kappa shape index (κ1) is 10.7. The molecule has 0 atom stereocenters. The van der Waals surface area contributed by atoms with Gasteiger partial charge in [-0.15, -0.1) is 0 Å². The Morgan fingerprint density at radius 2 is 2.06 bits per heavy atom. The summed E-state index contributed by atoms with van der Waals surface area (Å²) in [6.45, 7) is 6.15. The standard InChI is InChI=1S/C13H16N2O/c1-8(2)11-7-15-13(16-11)12-9(3)5-4-6-10(12)14/h4-8H,14H2,1-3H3. The quantitative estimate of drug-likeness (QED) is 0.783. The molecular weight excluding hydrogens is 200 g/mol. The lowest BCUT2D eigenvalue weighted by Crippen LogP contribution is -1.92. The van der Waals surface area contributed by atoms with Crippen LogP contribution in [-0.2, 0) is 0 Å². The summed E-state index contributed by atoms with van der Waals surface area (Å²) in [5, 5.41) is 0. The molecule has 16 heavy (non-hydrogen) atoms. The number of hydrogen-bond donors (Lipinski definition) is 1. The van der Waals surface area contributed by atoms with Crippen LogP contribution in [-0.4, -0.2) is 4.98 Å². The molecule has 0 amide bonds. The molecule has 2 aromatic rings. The molecule has 0 aliphatic heterocycles. The van der Waals surface area contributed by atoms with Crippen molar-refractivity contribution < 1.29 is 4.42 Å². The van der Waals surface area contributed by atoms with Crippen molar-refractivity contribution in [1.82, 2.24) is 4.98 Å². The number of nitrogens with two attached hydrogens (primary N) is 1. The van der Waals surface area contributed by atoms with Crippen molar-refractivity contribution >= 4 is 5.69 Å². The molecule has 0 saturated carbocycles. The molecule has 2 rings (SSSR count). The third-order valence-corrected chi connectivity index (χ3v) is 2.61. The Labute approximate surface area is 95.3 Å². The smallest absolute Gasteiger partial charge is 0.228 e. The van der Waals surface area contributed by atoms with Gasteiger partial charge in [0.25, 0.3) is 0 Å². The second kappa shape index (κ2) is 4.00. The fourth-order valence-corrected chi connectivity index (χ4v) is 1.65. The van der Waals surface area contributed by atoms with Crippen molar-refractivity contribution in [3.05, 3.63) is 35.7 Å². The molecule has 2 N–H and O–H groups in total. The van der Waals surface area contributed by atoms with E-state index >= 15 is 0 Å². The van der Waals surface area contributed by atoms with Crippen LogP contribution in [0, 0.1) is 6.92 Å². The van der Waals surface area contributed by atoms with Crippen LogP contribution in [0.5, 0.6) is 0 Å². The molecule has 1 aromatic heterocycles. The van der Waals surface area contributed by atoms with Crippen LogP contribution in [0.1, 0.15) is 31.1 Å². The van der Waals surface area contributed by atoms with E-state index in [0.29, 0.717) is 17.5 Å². The SMILES string of the molecule is Cc1cccc(N)c1-c1ncc(C(C)C)o1. The number of nitrogens with zero attached hydrogens (tertiary/aromatic N) is 1. The first-order valence-electron chi connectivity index (χ1n) is 5.40. The minimum absolute atomic E-state index is 0.339. The van der Waals surface area contributed by atoms with Crippen molar-refractivity contribution in [2.45, 2.75) is 26.7 Å². The van der Waals surface area contributed by atoms with Crippen molar-refractivity contribution in [3.63, 3.8) is 0 Å². The maximum Gasteiger partial charge on any atom is 0.228 e. The Bertz CT molecular complexity index is 480. The molecule has 0 bridgehead atoms. The van der Waals surface area contributed by atoms with Gasteiger partial charge in [-0.25, -0.2) is 4.98 Å². The zero-order chi connectivity index (χ0) is 11.7. The average Bonchev–Trinajstić information content (AvgIpc) is 2.66. The number of rotatable bonds is 2. The predicted molar refractivity (Wildman–Crippen MR) is 65.2 cm³/mol. The van der Waals surface area contributed by atoms with E-state index in [-0.39, 0.29) is 0 Å². The van der Waals surface area contributed by atoms with Crippen molar-refractivity contribution in [1.29, 1.82) is 0 Å². The molecule has 3 heteroatoms. The lowest BCUT2D eigenvalue weighted by Gasteiger charge is -2.05. The number of oxazole rings is 1. The van der Waals surface area contributed by atoms with Crippen LogP contribution < -0.4 is 5.73 Å². The minimum Gasteiger partial charge on any atom is -0.441 e. The van der Waals surface area contributed by atoms with Gasteiger partial charge in [-0.1, -0.05) is 26.0 Å². The van der Waals surface area contributed by atoms with Crippen molar-refractivity contribution in [3.8, 4) is 11.5 Å². The third kappa shape index (κ3) is 1.81. The van der Waals surface area contributed by atoms with Crippen LogP contribution in [0.4, 0.5) is 5.69 Å². The van der Waals surface area contributed by atoms with Crippen LogP contribution in [0.3, 0.4) is 0 Å². The van der Waals surface area contributed by atoms with Gasteiger partial charge in [0.2, 0.25) is 5.89 Å². The summed E-state index contributed by atoms with van der Waals surface area (Å²) in [5.74, 6) is 1.84. The van der Waals surface area contributed by atoms with E-state index in [0.717, 1.165) is 16.9 Å². The number of benzene rings is 1. The highest BCUT2D eigenvalue weighted by Crippen LogP contribution is 2.30. The molecule has 0 radical (unpaired) electrons. The second-order valence-corrected chi connectivity index (χ2v) is 4.26. The molecule has 1 heterocycles. The van der Waals surface area contributed by atoms with E-state index in [4.69, 9.17) is 10.2 Å². The summed E-state index contributed by atoms with van der Waals surface area (Å²) in [6, 6.07) is 5.80. The van der Waals surface area contributed by atoms with E-state index in [2.05, 4.69) is 18.8 Å². The van der Waals surface area contributed by atoms with Gasteiger partial charge in [0, 0.05) is 11.6 Å². The zero-order valence-corrected chi connectivity index (χ0v) is 9.82. The van der Waals surface area contributed by atoms with Crippen molar-refractivity contribution in [2.75, 3.05) is 5.73 Å². The average molecular weight is 216 g/mol. The van der Waals surface area contributed by atoms with Gasteiger partial charge in [-0.2, -0.15) is 0 Å². The summed E-state index contributed by atoms with van der Waals surface area (Å²) < 4.78 is 5.70. The van der Waals surface area contributed by atoms with Gasteiger partial charge >= 0.3 is 0 Å². The van der Waals surface area contributed by atoms with Crippen molar-refractivity contribution in [2.24, 2.45) is 0 Å². The van der Waals surface area contributed by atoms with E-state index in [1.807, 2.05) is 25.1 Å². The molecule has 0 aliphatic rings. The molecule has 1 aromatic carbocycles. The monoisotopic (exact) mass is 216 g/mol. The Hall–Kier alpha value is -1.77. The van der Waals surface area contributed by atoms with Crippen LogP contribution >= 0.6 is 0 Å². The fourth-order valence-electron chi connectivity index (χ4n) is 1.65. The van der Waals surface area contributed by atoms with Crippen LogP contribution in [0.25, 0.3) is 11.5 Å². The Balaban J connectivity index is 2.50. The van der Waals surface area contributed by atoms with E-state index in [1.54, 1.807) is 6.20 Å². The fraction of sp³-hybridized carbons (Fsp3) is 0.308. The highest BCUT2D eigenvalue weighted by atomic mass is 16.4.